The Morgan fingerprint density at radius 2 is 2.00 bits per heavy atom. The van der Waals surface area contributed by atoms with Crippen molar-refractivity contribution in [2.45, 2.75) is 18.6 Å². The Kier molecular flexibility index (Phi) is 5.09. The number of hydrogen-bond acceptors (Lipinski definition) is 3. The topological polar surface area (TPSA) is 58.8 Å². The molecule has 0 aromatic rings. The van der Waals surface area contributed by atoms with Gasteiger partial charge in [0.05, 0.1) is 12.7 Å². The maximum absolute atomic E-state index is 7.75. The number of aliphatic hydroxyl groups is 1. The summed E-state index contributed by atoms with van der Waals surface area (Å²) in [7, 11) is 0. The third-order valence-corrected chi connectivity index (χ3v) is 1.22. The molecule has 3 nitrogen and oxygen atoms in total. The summed E-state index contributed by atoms with van der Waals surface area (Å²) in [5, 5.41) is 7.75. The second-order valence-corrected chi connectivity index (χ2v) is 2.13. The average molecular weight is 154 g/mol. The molecule has 0 aromatic carbocycles. The van der Waals surface area contributed by atoms with Crippen LogP contribution in [0.3, 0.4) is 0 Å². The SMILES string of the molecule is CC1OC1Cl.NCCO. The number of alkyl halides is 1. The Hall–Kier alpha value is 0.170. The molecule has 1 heterocycles. The molecular formula is C5H12ClNO2. The highest BCUT2D eigenvalue weighted by Gasteiger charge is 2.30. The lowest BCUT2D eigenvalue weighted by Gasteiger charge is -1.71. The first kappa shape index (κ1) is 9.17. The predicted molar refractivity (Wildman–Crippen MR) is 36.3 cm³/mol. The van der Waals surface area contributed by atoms with Crippen LogP contribution < -0.4 is 5.73 Å². The van der Waals surface area contributed by atoms with Crippen molar-refractivity contribution < 1.29 is 9.84 Å². The van der Waals surface area contributed by atoms with Crippen molar-refractivity contribution in [3.05, 3.63) is 0 Å². The van der Waals surface area contributed by atoms with Crippen LogP contribution in [0.15, 0.2) is 0 Å². The predicted octanol–water partition coefficient (Wildman–Crippen LogP) is -0.0926. The molecule has 0 radical (unpaired) electrons. The van der Waals surface area contributed by atoms with Crippen LogP contribution in [-0.4, -0.2) is 29.9 Å². The lowest BCUT2D eigenvalue weighted by atomic mass is 10.6. The summed E-state index contributed by atoms with van der Waals surface area (Å²) in [5.41, 5.74) is 4.80. The second kappa shape index (κ2) is 4.99. The van der Waals surface area contributed by atoms with Gasteiger partial charge in [0.15, 0.2) is 5.56 Å². The van der Waals surface area contributed by atoms with E-state index in [2.05, 4.69) is 4.74 Å². The van der Waals surface area contributed by atoms with E-state index < -0.39 is 0 Å². The van der Waals surface area contributed by atoms with E-state index in [1.807, 2.05) is 6.92 Å². The number of hydrogen-bond donors (Lipinski definition) is 2. The van der Waals surface area contributed by atoms with Gasteiger partial charge in [0.1, 0.15) is 0 Å². The average Bonchev–Trinajstić information content (AvgIpc) is 2.47. The molecule has 1 rings (SSSR count). The fraction of sp³-hybridized carbons (Fsp3) is 1.00. The lowest BCUT2D eigenvalue weighted by molar-refractivity contribution is 0.306. The summed E-state index contributed by atoms with van der Waals surface area (Å²) in [6.07, 6.45) is 0.316. The molecule has 0 bridgehead atoms. The largest absolute Gasteiger partial charge is 0.395 e. The van der Waals surface area contributed by atoms with Crippen molar-refractivity contribution >= 4 is 11.6 Å². The van der Waals surface area contributed by atoms with Crippen LogP contribution in [0.1, 0.15) is 6.92 Å². The van der Waals surface area contributed by atoms with Gasteiger partial charge in [-0.15, -0.1) is 0 Å². The quantitative estimate of drug-likeness (QED) is 0.409. The molecule has 3 N–H and O–H groups in total. The molecule has 0 spiro atoms. The zero-order chi connectivity index (χ0) is 7.28. The minimum Gasteiger partial charge on any atom is -0.395 e. The van der Waals surface area contributed by atoms with Gasteiger partial charge < -0.3 is 15.6 Å². The van der Waals surface area contributed by atoms with Crippen LogP contribution in [0.25, 0.3) is 0 Å². The first-order valence-electron chi connectivity index (χ1n) is 2.82. The summed E-state index contributed by atoms with van der Waals surface area (Å²) in [6, 6.07) is 0. The highest BCUT2D eigenvalue weighted by atomic mass is 35.5. The van der Waals surface area contributed by atoms with Gasteiger partial charge in [-0.1, -0.05) is 11.6 Å². The van der Waals surface area contributed by atoms with Gasteiger partial charge in [0.2, 0.25) is 0 Å². The van der Waals surface area contributed by atoms with Crippen molar-refractivity contribution in [3.8, 4) is 0 Å². The summed E-state index contributed by atoms with van der Waals surface area (Å²) in [5.74, 6) is 0. The van der Waals surface area contributed by atoms with E-state index in [4.69, 9.17) is 22.4 Å². The monoisotopic (exact) mass is 153 g/mol. The molecule has 1 aliphatic heterocycles. The molecule has 0 aromatic heterocycles. The molecule has 4 heteroatoms. The van der Waals surface area contributed by atoms with Crippen LogP contribution in [0, 0.1) is 0 Å². The van der Waals surface area contributed by atoms with E-state index in [9.17, 15) is 0 Å². The first-order chi connectivity index (χ1) is 4.22. The van der Waals surface area contributed by atoms with Crippen LogP contribution in [0.4, 0.5) is 0 Å². The van der Waals surface area contributed by atoms with E-state index in [-0.39, 0.29) is 12.2 Å². The summed E-state index contributed by atoms with van der Waals surface area (Å²) < 4.78 is 4.68. The Labute approximate surface area is 59.7 Å². The lowest BCUT2D eigenvalue weighted by Crippen LogP contribution is -2.02. The minimum atomic E-state index is 0.0231. The van der Waals surface area contributed by atoms with Crippen LogP contribution in [-0.2, 0) is 4.74 Å². The van der Waals surface area contributed by atoms with E-state index in [1.54, 1.807) is 0 Å². The molecule has 1 fully saturated rings. The maximum atomic E-state index is 7.75. The van der Waals surface area contributed by atoms with E-state index in [0.29, 0.717) is 12.6 Å². The molecule has 0 saturated carbocycles. The van der Waals surface area contributed by atoms with Crippen molar-refractivity contribution in [2.75, 3.05) is 13.2 Å². The Morgan fingerprint density at radius 1 is 1.78 bits per heavy atom. The van der Waals surface area contributed by atoms with Gasteiger partial charge in [-0.05, 0) is 6.92 Å². The number of aliphatic hydroxyl groups excluding tert-OH is 1. The molecule has 0 aliphatic carbocycles. The number of rotatable bonds is 1. The maximum Gasteiger partial charge on any atom is 0.157 e. The highest BCUT2D eigenvalue weighted by Crippen LogP contribution is 2.23. The van der Waals surface area contributed by atoms with Crippen molar-refractivity contribution in [1.82, 2.24) is 0 Å². The summed E-state index contributed by atoms with van der Waals surface area (Å²) in [6.45, 7) is 2.41. The molecule has 2 atom stereocenters. The molecule has 1 saturated heterocycles. The summed E-state index contributed by atoms with van der Waals surface area (Å²) >= 11 is 5.31. The number of ether oxygens (including phenoxy) is 1. The fourth-order valence-corrected chi connectivity index (χ4v) is 0.322. The summed E-state index contributed by atoms with van der Waals surface area (Å²) in [4.78, 5) is 0. The van der Waals surface area contributed by atoms with Crippen molar-refractivity contribution in [1.29, 1.82) is 0 Å². The Bertz CT molecular complexity index is 64.0. The Morgan fingerprint density at radius 3 is 2.00 bits per heavy atom. The van der Waals surface area contributed by atoms with E-state index in [0.717, 1.165) is 0 Å². The zero-order valence-corrected chi connectivity index (χ0v) is 6.14. The Balaban J connectivity index is 0.000000148. The smallest absolute Gasteiger partial charge is 0.157 e. The normalized spacial score (nSPS) is 30.7. The third-order valence-electron chi connectivity index (χ3n) is 0.766. The standard InChI is InChI=1S/C3H5ClO.C2H7NO/c1-2-3(4)5-2;3-1-2-4/h2-3H,1H3;4H,1-3H2. The van der Waals surface area contributed by atoms with Gasteiger partial charge >= 0.3 is 0 Å². The number of nitrogens with two attached hydrogens (primary N) is 1. The number of epoxide rings is 1. The van der Waals surface area contributed by atoms with Crippen LogP contribution in [0.2, 0.25) is 0 Å². The van der Waals surface area contributed by atoms with Gasteiger partial charge in [-0.2, -0.15) is 0 Å². The minimum absolute atomic E-state index is 0.0231. The van der Waals surface area contributed by atoms with Crippen molar-refractivity contribution in [2.24, 2.45) is 5.73 Å². The highest BCUT2D eigenvalue weighted by molar-refractivity contribution is 6.21. The third kappa shape index (κ3) is 6.05. The molecular weight excluding hydrogens is 142 g/mol. The van der Waals surface area contributed by atoms with Crippen molar-refractivity contribution in [3.63, 3.8) is 0 Å². The molecule has 56 valence electrons. The number of halogens is 1. The van der Waals surface area contributed by atoms with E-state index >= 15 is 0 Å². The molecule has 9 heavy (non-hydrogen) atoms. The van der Waals surface area contributed by atoms with E-state index in [1.165, 1.54) is 0 Å². The van der Waals surface area contributed by atoms with Gasteiger partial charge in [0, 0.05) is 6.54 Å². The first-order valence-corrected chi connectivity index (χ1v) is 3.26. The molecule has 0 amide bonds. The second-order valence-electron chi connectivity index (χ2n) is 1.70. The van der Waals surface area contributed by atoms with Gasteiger partial charge in [0.25, 0.3) is 0 Å². The van der Waals surface area contributed by atoms with Crippen LogP contribution in [0.5, 0.6) is 0 Å². The fourth-order valence-electron chi connectivity index (χ4n) is 0.160. The van der Waals surface area contributed by atoms with Gasteiger partial charge in [-0.3, -0.25) is 0 Å². The van der Waals surface area contributed by atoms with Crippen LogP contribution >= 0.6 is 11.6 Å². The molecule has 2 unspecified atom stereocenters. The van der Waals surface area contributed by atoms with Gasteiger partial charge in [-0.25, -0.2) is 0 Å². The molecule has 1 aliphatic rings. The zero-order valence-electron chi connectivity index (χ0n) is 5.38.